The van der Waals surface area contributed by atoms with E-state index in [1.54, 1.807) is 19.2 Å². The Morgan fingerprint density at radius 3 is 2.33 bits per heavy atom. The molecule has 0 aliphatic carbocycles. The summed E-state index contributed by atoms with van der Waals surface area (Å²) in [5.41, 5.74) is 0.716. The van der Waals surface area contributed by atoms with E-state index >= 15 is 0 Å². The fourth-order valence-corrected chi connectivity index (χ4v) is 2.63. The number of rotatable bonds is 5. The summed E-state index contributed by atoms with van der Waals surface area (Å²) in [5.74, 6) is 0.217. The number of unbranched alkanes of at least 4 members (excludes halogenated alkanes) is 1. The second-order valence-electron chi connectivity index (χ2n) is 3.47. The van der Waals surface area contributed by atoms with Crippen molar-refractivity contribution in [2.24, 2.45) is 0 Å². The van der Waals surface area contributed by atoms with Crippen molar-refractivity contribution in [3.05, 3.63) is 30.3 Å². The van der Waals surface area contributed by atoms with Crippen LogP contribution < -0.4 is 4.31 Å². The standard InChI is InChI=1S/C11H17NO2S/c1-3-4-10-15(13,14)12(2)11-8-6-5-7-9-11/h5-9H,3-4,10H2,1-2H3. The Morgan fingerprint density at radius 1 is 1.20 bits per heavy atom. The SMILES string of the molecule is CCCCS(=O)(=O)N(C)c1ccccc1. The average molecular weight is 227 g/mol. The van der Waals surface area contributed by atoms with Crippen LogP contribution in [-0.2, 0) is 10.0 Å². The van der Waals surface area contributed by atoms with Gasteiger partial charge in [-0.1, -0.05) is 31.5 Å². The van der Waals surface area contributed by atoms with Crippen LogP contribution in [0.5, 0.6) is 0 Å². The van der Waals surface area contributed by atoms with Gasteiger partial charge in [0.15, 0.2) is 0 Å². The molecule has 1 aromatic rings. The molecule has 0 aromatic heterocycles. The summed E-state index contributed by atoms with van der Waals surface area (Å²) in [5, 5.41) is 0. The molecule has 4 heteroatoms. The highest BCUT2D eigenvalue weighted by Crippen LogP contribution is 2.15. The van der Waals surface area contributed by atoms with Gasteiger partial charge in [0, 0.05) is 7.05 Å². The predicted molar refractivity (Wildman–Crippen MR) is 63.5 cm³/mol. The van der Waals surface area contributed by atoms with Crippen LogP contribution in [-0.4, -0.2) is 21.2 Å². The summed E-state index contributed by atoms with van der Waals surface area (Å²) in [4.78, 5) is 0. The third-order valence-electron chi connectivity index (χ3n) is 2.29. The van der Waals surface area contributed by atoms with E-state index in [9.17, 15) is 8.42 Å². The number of hydrogen-bond acceptors (Lipinski definition) is 2. The number of sulfonamides is 1. The van der Waals surface area contributed by atoms with Crippen molar-refractivity contribution in [3.63, 3.8) is 0 Å². The molecule has 0 aliphatic heterocycles. The molecule has 3 nitrogen and oxygen atoms in total. The highest BCUT2D eigenvalue weighted by atomic mass is 32.2. The zero-order valence-corrected chi connectivity index (χ0v) is 10.00. The van der Waals surface area contributed by atoms with Gasteiger partial charge >= 0.3 is 0 Å². The molecule has 0 saturated heterocycles. The summed E-state index contributed by atoms with van der Waals surface area (Å²) < 4.78 is 25.0. The molecule has 0 aliphatic rings. The third kappa shape index (κ3) is 3.23. The third-order valence-corrected chi connectivity index (χ3v) is 4.14. The predicted octanol–water partition coefficient (Wildman–Crippen LogP) is 2.25. The lowest BCUT2D eigenvalue weighted by molar-refractivity contribution is 0.591. The Balaban J connectivity index is 2.80. The quantitative estimate of drug-likeness (QED) is 0.773. The Kier molecular flexibility index (Phi) is 4.15. The monoisotopic (exact) mass is 227 g/mol. The van der Waals surface area contributed by atoms with Crippen molar-refractivity contribution in [2.45, 2.75) is 19.8 Å². The van der Waals surface area contributed by atoms with Crippen LogP contribution in [0.15, 0.2) is 30.3 Å². The van der Waals surface area contributed by atoms with E-state index in [0.29, 0.717) is 12.1 Å². The van der Waals surface area contributed by atoms with Gasteiger partial charge in [-0.25, -0.2) is 8.42 Å². The number of hydrogen-bond donors (Lipinski definition) is 0. The normalized spacial score (nSPS) is 11.3. The molecule has 0 radical (unpaired) electrons. The fraction of sp³-hybridized carbons (Fsp3) is 0.455. The maximum atomic E-state index is 11.8. The molecule has 1 aromatic carbocycles. The molecule has 0 amide bonds. The van der Waals surface area contributed by atoms with Crippen LogP contribution in [0.4, 0.5) is 5.69 Å². The summed E-state index contributed by atoms with van der Waals surface area (Å²) in [6.07, 6.45) is 1.60. The van der Waals surface area contributed by atoms with Crippen molar-refractivity contribution in [1.82, 2.24) is 0 Å². The Morgan fingerprint density at radius 2 is 1.80 bits per heavy atom. The molecule has 0 fully saturated rings. The van der Waals surface area contributed by atoms with Crippen molar-refractivity contribution in [3.8, 4) is 0 Å². The first-order valence-electron chi connectivity index (χ1n) is 5.09. The average Bonchev–Trinajstić information content (AvgIpc) is 2.26. The Bertz CT molecular complexity index is 386. The summed E-state index contributed by atoms with van der Waals surface area (Å²) in [6.45, 7) is 1.98. The van der Waals surface area contributed by atoms with Gasteiger partial charge in [0.1, 0.15) is 0 Å². The largest absolute Gasteiger partial charge is 0.273 e. The van der Waals surface area contributed by atoms with E-state index in [1.165, 1.54) is 4.31 Å². The molecule has 15 heavy (non-hydrogen) atoms. The number of anilines is 1. The molecule has 0 atom stereocenters. The number of benzene rings is 1. The summed E-state index contributed by atoms with van der Waals surface area (Å²) in [7, 11) is -1.54. The minimum atomic E-state index is -3.14. The Hall–Kier alpha value is -1.03. The first-order valence-corrected chi connectivity index (χ1v) is 6.70. The smallest absolute Gasteiger partial charge is 0.234 e. The van der Waals surface area contributed by atoms with Gasteiger partial charge in [0.25, 0.3) is 0 Å². The van der Waals surface area contributed by atoms with Crippen LogP contribution in [0.3, 0.4) is 0 Å². The zero-order valence-electron chi connectivity index (χ0n) is 9.18. The van der Waals surface area contributed by atoms with Crippen molar-refractivity contribution < 1.29 is 8.42 Å². The second-order valence-corrected chi connectivity index (χ2v) is 5.59. The topological polar surface area (TPSA) is 37.4 Å². The highest BCUT2D eigenvalue weighted by molar-refractivity contribution is 7.92. The van der Waals surface area contributed by atoms with Crippen LogP contribution in [0.2, 0.25) is 0 Å². The van der Waals surface area contributed by atoms with Crippen molar-refractivity contribution >= 4 is 15.7 Å². The lowest BCUT2D eigenvalue weighted by Gasteiger charge is -2.18. The van der Waals surface area contributed by atoms with Gasteiger partial charge in [0.05, 0.1) is 11.4 Å². The van der Waals surface area contributed by atoms with Crippen molar-refractivity contribution in [2.75, 3.05) is 17.1 Å². The van der Waals surface area contributed by atoms with E-state index in [-0.39, 0.29) is 5.75 Å². The minimum absolute atomic E-state index is 0.217. The molecule has 0 N–H and O–H groups in total. The van der Waals surface area contributed by atoms with Gasteiger partial charge in [-0.2, -0.15) is 0 Å². The molecule has 1 rings (SSSR count). The summed E-state index contributed by atoms with van der Waals surface area (Å²) in [6, 6.07) is 9.13. The highest BCUT2D eigenvalue weighted by Gasteiger charge is 2.16. The first-order chi connectivity index (χ1) is 7.08. The molecule has 0 spiro atoms. The molecule has 0 unspecified atom stereocenters. The fourth-order valence-electron chi connectivity index (χ4n) is 1.26. The lowest BCUT2D eigenvalue weighted by Crippen LogP contribution is -2.28. The zero-order chi connectivity index (χ0) is 11.3. The van der Waals surface area contributed by atoms with Crippen LogP contribution in [0.1, 0.15) is 19.8 Å². The van der Waals surface area contributed by atoms with Crippen LogP contribution in [0.25, 0.3) is 0 Å². The van der Waals surface area contributed by atoms with E-state index in [4.69, 9.17) is 0 Å². The molecule has 84 valence electrons. The lowest BCUT2D eigenvalue weighted by atomic mass is 10.3. The minimum Gasteiger partial charge on any atom is -0.273 e. The molecule has 0 heterocycles. The maximum Gasteiger partial charge on any atom is 0.234 e. The molecule has 0 bridgehead atoms. The van der Waals surface area contributed by atoms with E-state index in [1.807, 2.05) is 25.1 Å². The van der Waals surface area contributed by atoms with Crippen LogP contribution in [0, 0.1) is 0 Å². The number of nitrogens with zero attached hydrogens (tertiary/aromatic N) is 1. The van der Waals surface area contributed by atoms with Gasteiger partial charge in [-0.3, -0.25) is 4.31 Å². The Labute approximate surface area is 91.8 Å². The summed E-state index contributed by atoms with van der Waals surface area (Å²) >= 11 is 0. The number of para-hydroxylation sites is 1. The van der Waals surface area contributed by atoms with Gasteiger partial charge in [0.2, 0.25) is 10.0 Å². The first kappa shape index (κ1) is 12.0. The molecular formula is C11H17NO2S. The van der Waals surface area contributed by atoms with Gasteiger partial charge < -0.3 is 0 Å². The van der Waals surface area contributed by atoms with Crippen molar-refractivity contribution in [1.29, 1.82) is 0 Å². The maximum absolute atomic E-state index is 11.8. The van der Waals surface area contributed by atoms with E-state index in [0.717, 1.165) is 6.42 Å². The van der Waals surface area contributed by atoms with Gasteiger partial charge in [-0.05, 0) is 18.6 Å². The van der Waals surface area contributed by atoms with E-state index in [2.05, 4.69) is 0 Å². The van der Waals surface area contributed by atoms with Crippen LogP contribution >= 0.6 is 0 Å². The van der Waals surface area contributed by atoms with Gasteiger partial charge in [-0.15, -0.1) is 0 Å². The molecule has 0 saturated carbocycles. The molecular weight excluding hydrogens is 210 g/mol. The van der Waals surface area contributed by atoms with E-state index < -0.39 is 10.0 Å². The second kappa shape index (κ2) is 5.16.